The number of hydrogen-bond donors (Lipinski definition) is 1. The van der Waals surface area contributed by atoms with E-state index in [0.29, 0.717) is 23.4 Å². The number of rotatable bonds is 6. The highest BCUT2D eigenvalue weighted by Gasteiger charge is 2.21. The Morgan fingerprint density at radius 3 is 2.65 bits per heavy atom. The molecule has 1 fully saturated rings. The van der Waals surface area contributed by atoms with Gasteiger partial charge in [0.2, 0.25) is 0 Å². The summed E-state index contributed by atoms with van der Waals surface area (Å²) in [7, 11) is 2.14. The van der Waals surface area contributed by atoms with Crippen molar-refractivity contribution in [1.29, 1.82) is 0 Å². The van der Waals surface area contributed by atoms with Gasteiger partial charge in [-0.3, -0.25) is 9.69 Å². The zero-order chi connectivity index (χ0) is 16.8. The van der Waals surface area contributed by atoms with Gasteiger partial charge < -0.3 is 15.0 Å². The molecular formula is C17H26ClN3O2. The van der Waals surface area contributed by atoms with Crippen LogP contribution in [0.15, 0.2) is 24.3 Å². The maximum atomic E-state index is 12.2. The van der Waals surface area contributed by atoms with E-state index < -0.39 is 6.10 Å². The van der Waals surface area contributed by atoms with Crippen LogP contribution >= 0.6 is 11.6 Å². The zero-order valence-corrected chi connectivity index (χ0v) is 14.8. The van der Waals surface area contributed by atoms with Crippen LogP contribution in [0.3, 0.4) is 0 Å². The minimum absolute atomic E-state index is 0.106. The average Bonchev–Trinajstić information content (AvgIpc) is 2.53. The molecule has 2 rings (SSSR count). The van der Waals surface area contributed by atoms with Crippen molar-refractivity contribution in [2.24, 2.45) is 0 Å². The van der Waals surface area contributed by atoms with Crippen molar-refractivity contribution in [2.45, 2.75) is 26.0 Å². The van der Waals surface area contributed by atoms with Gasteiger partial charge in [0.15, 0.2) is 6.10 Å². The normalized spacial score (nSPS) is 19.1. The summed E-state index contributed by atoms with van der Waals surface area (Å²) in [6, 6.07) is 7.40. The fourth-order valence-electron chi connectivity index (χ4n) is 2.58. The van der Waals surface area contributed by atoms with Crippen LogP contribution in [0.2, 0.25) is 5.02 Å². The van der Waals surface area contributed by atoms with Crippen LogP contribution < -0.4 is 10.1 Å². The molecule has 128 valence electrons. The number of nitrogens with one attached hydrogen (secondary N) is 1. The van der Waals surface area contributed by atoms with Crippen molar-refractivity contribution in [3.8, 4) is 5.75 Å². The van der Waals surface area contributed by atoms with Crippen molar-refractivity contribution < 1.29 is 9.53 Å². The molecule has 1 aromatic carbocycles. The fraction of sp³-hybridized carbons (Fsp3) is 0.588. The van der Waals surface area contributed by atoms with E-state index in [1.807, 2.05) is 0 Å². The van der Waals surface area contributed by atoms with Gasteiger partial charge in [-0.05, 0) is 39.1 Å². The first-order valence-corrected chi connectivity index (χ1v) is 8.46. The number of halogens is 1. The van der Waals surface area contributed by atoms with Crippen molar-refractivity contribution in [2.75, 3.05) is 39.8 Å². The van der Waals surface area contributed by atoms with E-state index in [2.05, 4.69) is 29.1 Å². The van der Waals surface area contributed by atoms with Gasteiger partial charge in [-0.25, -0.2) is 0 Å². The van der Waals surface area contributed by atoms with Crippen LogP contribution in [-0.2, 0) is 4.79 Å². The Morgan fingerprint density at radius 1 is 1.30 bits per heavy atom. The first-order chi connectivity index (χ1) is 11.0. The third-order valence-electron chi connectivity index (χ3n) is 4.21. The number of piperazine rings is 1. The topological polar surface area (TPSA) is 44.8 Å². The second-order valence-corrected chi connectivity index (χ2v) is 6.59. The number of nitrogens with zero attached hydrogens (tertiary/aromatic N) is 2. The molecule has 23 heavy (non-hydrogen) atoms. The van der Waals surface area contributed by atoms with Crippen LogP contribution in [0.5, 0.6) is 5.75 Å². The molecular weight excluding hydrogens is 314 g/mol. The highest BCUT2D eigenvalue weighted by molar-refractivity contribution is 6.30. The molecule has 2 atom stereocenters. The number of likely N-dealkylation sites (N-methyl/N-ethyl adjacent to an activating group) is 1. The largest absolute Gasteiger partial charge is 0.481 e. The maximum Gasteiger partial charge on any atom is 0.260 e. The van der Waals surface area contributed by atoms with Gasteiger partial charge in [0, 0.05) is 43.8 Å². The highest BCUT2D eigenvalue weighted by atomic mass is 35.5. The van der Waals surface area contributed by atoms with Gasteiger partial charge in [0.1, 0.15) is 5.75 Å². The van der Waals surface area contributed by atoms with Crippen LogP contribution in [0.25, 0.3) is 0 Å². The van der Waals surface area contributed by atoms with Crippen molar-refractivity contribution in [3.05, 3.63) is 29.3 Å². The molecule has 0 aliphatic carbocycles. The molecule has 0 aromatic heterocycles. The molecule has 0 spiro atoms. The molecule has 1 aromatic rings. The van der Waals surface area contributed by atoms with E-state index in [0.717, 1.165) is 26.2 Å². The summed E-state index contributed by atoms with van der Waals surface area (Å²) in [5, 5.41) is 3.57. The predicted octanol–water partition coefficient (Wildman–Crippen LogP) is 1.86. The van der Waals surface area contributed by atoms with E-state index in [1.54, 1.807) is 31.2 Å². The number of hydrogen-bond acceptors (Lipinski definition) is 4. The van der Waals surface area contributed by atoms with Crippen LogP contribution in [0.4, 0.5) is 0 Å². The highest BCUT2D eigenvalue weighted by Crippen LogP contribution is 2.18. The van der Waals surface area contributed by atoms with Gasteiger partial charge >= 0.3 is 0 Å². The number of benzene rings is 1. The smallest absolute Gasteiger partial charge is 0.260 e. The quantitative estimate of drug-likeness (QED) is 0.859. The Balaban J connectivity index is 1.75. The summed E-state index contributed by atoms with van der Waals surface area (Å²) in [4.78, 5) is 16.9. The molecule has 1 saturated heterocycles. The van der Waals surface area contributed by atoms with Crippen molar-refractivity contribution in [3.63, 3.8) is 0 Å². The SMILES string of the molecule is C[C@@H](Oc1cccc(Cl)c1)C(=O)NC[C@H](C)N1CCN(C)CC1. The molecule has 1 N–H and O–H groups in total. The van der Waals surface area contributed by atoms with Gasteiger partial charge in [0.25, 0.3) is 5.91 Å². The Labute approximate surface area is 143 Å². The minimum Gasteiger partial charge on any atom is -0.481 e. The lowest BCUT2D eigenvalue weighted by atomic mass is 10.2. The third-order valence-corrected chi connectivity index (χ3v) is 4.45. The molecule has 0 radical (unpaired) electrons. The monoisotopic (exact) mass is 339 g/mol. The Kier molecular flexibility index (Phi) is 6.69. The Morgan fingerprint density at radius 2 is 2.00 bits per heavy atom. The van der Waals surface area contributed by atoms with E-state index in [4.69, 9.17) is 16.3 Å². The number of amides is 1. The average molecular weight is 340 g/mol. The van der Waals surface area contributed by atoms with E-state index in [1.165, 1.54) is 0 Å². The van der Waals surface area contributed by atoms with Gasteiger partial charge in [0.05, 0.1) is 0 Å². The molecule has 0 bridgehead atoms. The Hall–Kier alpha value is -1.30. The summed E-state index contributed by atoms with van der Waals surface area (Å²) < 4.78 is 5.63. The number of carbonyl (C=O) groups is 1. The second kappa shape index (κ2) is 8.52. The van der Waals surface area contributed by atoms with Crippen LogP contribution in [0.1, 0.15) is 13.8 Å². The minimum atomic E-state index is -0.548. The third kappa shape index (κ3) is 5.68. The second-order valence-electron chi connectivity index (χ2n) is 6.15. The zero-order valence-electron chi connectivity index (χ0n) is 14.1. The maximum absolute atomic E-state index is 12.2. The molecule has 1 aliphatic rings. The lowest BCUT2D eigenvalue weighted by molar-refractivity contribution is -0.127. The standard InChI is InChI=1S/C17H26ClN3O2/c1-13(21-9-7-20(3)8-10-21)12-19-17(22)14(2)23-16-6-4-5-15(18)11-16/h4-6,11,13-14H,7-10,12H2,1-3H3,(H,19,22)/t13-,14+/m0/s1. The first kappa shape index (κ1) is 18.0. The number of carbonyl (C=O) groups excluding carboxylic acids is 1. The lowest BCUT2D eigenvalue weighted by Gasteiger charge is -2.36. The summed E-state index contributed by atoms with van der Waals surface area (Å²) in [5.41, 5.74) is 0. The van der Waals surface area contributed by atoms with Crippen LogP contribution in [-0.4, -0.2) is 67.6 Å². The molecule has 1 amide bonds. The van der Waals surface area contributed by atoms with Crippen molar-refractivity contribution >= 4 is 17.5 Å². The predicted molar refractivity (Wildman–Crippen MR) is 93.1 cm³/mol. The van der Waals surface area contributed by atoms with E-state index >= 15 is 0 Å². The lowest BCUT2D eigenvalue weighted by Crippen LogP contribution is -2.52. The summed E-state index contributed by atoms with van der Waals surface area (Å²) in [5.74, 6) is 0.498. The molecule has 5 nitrogen and oxygen atoms in total. The van der Waals surface area contributed by atoms with Crippen molar-refractivity contribution in [1.82, 2.24) is 15.1 Å². The van der Waals surface area contributed by atoms with E-state index in [9.17, 15) is 4.79 Å². The Bertz CT molecular complexity index is 518. The summed E-state index contributed by atoms with van der Waals surface area (Å²) >= 11 is 5.92. The molecule has 1 heterocycles. The molecule has 0 saturated carbocycles. The number of ether oxygens (including phenoxy) is 1. The summed E-state index contributed by atoms with van der Waals surface area (Å²) in [6.07, 6.45) is -0.548. The van der Waals surface area contributed by atoms with E-state index in [-0.39, 0.29) is 5.91 Å². The van der Waals surface area contributed by atoms with Gasteiger partial charge in [-0.15, -0.1) is 0 Å². The van der Waals surface area contributed by atoms with Crippen LogP contribution in [0, 0.1) is 0 Å². The first-order valence-electron chi connectivity index (χ1n) is 8.08. The molecule has 6 heteroatoms. The fourth-order valence-corrected chi connectivity index (χ4v) is 2.76. The van der Waals surface area contributed by atoms with Gasteiger partial charge in [-0.1, -0.05) is 17.7 Å². The van der Waals surface area contributed by atoms with Gasteiger partial charge in [-0.2, -0.15) is 0 Å². The summed E-state index contributed by atoms with van der Waals surface area (Å²) in [6.45, 7) is 8.76. The molecule has 1 aliphatic heterocycles. The molecule has 0 unspecified atom stereocenters.